The fraction of sp³-hybridized carbons (Fsp3) is 0.643. The number of methoxy groups -OCH3 is 1. The number of nitrogens with one attached hydrogen (secondary N) is 1. The van der Waals surface area contributed by atoms with Crippen molar-refractivity contribution in [1.82, 2.24) is 9.88 Å². The minimum absolute atomic E-state index is 0.0323. The van der Waals surface area contributed by atoms with Crippen LogP contribution >= 0.6 is 0 Å². The maximum atomic E-state index is 11.0. The zero-order valence-electron chi connectivity index (χ0n) is 13.1. The molecular formula is C14H24N4O3. The lowest BCUT2D eigenvalue weighted by Crippen LogP contribution is -2.27. The van der Waals surface area contributed by atoms with E-state index in [1.54, 1.807) is 0 Å². The molecular weight excluding hydrogens is 272 g/mol. The Hall–Kier alpha value is -1.89. The van der Waals surface area contributed by atoms with E-state index in [1.807, 2.05) is 0 Å². The molecule has 1 N–H and O–H groups in total. The predicted octanol–water partition coefficient (Wildman–Crippen LogP) is 2.53. The average molecular weight is 296 g/mol. The van der Waals surface area contributed by atoms with E-state index in [2.05, 4.69) is 36.1 Å². The standard InChI is InChI=1S/C14H24N4O3/c1-11(2)17(3)10-6-5-9-15-14-12(18(19)20)7-8-13(16-14)21-4/h7-8,11H,5-6,9-10H2,1-4H3,(H,15,16). The summed E-state index contributed by atoms with van der Waals surface area (Å²) in [6.07, 6.45) is 1.95. The van der Waals surface area contributed by atoms with Crippen LogP contribution in [0.2, 0.25) is 0 Å². The number of ether oxygens (including phenoxy) is 1. The Balaban J connectivity index is 2.49. The minimum atomic E-state index is -0.443. The van der Waals surface area contributed by atoms with Gasteiger partial charge in [0.2, 0.25) is 11.7 Å². The fourth-order valence-corrected chi connectivity index (χ4v) is 1.78. The third kappa shape index (κ3) is 5.55. The highest BCUT2D eigenvalue weighted by atomic mass is 16.6. The lowest BCUT2D eigenvalue weighted by Gasteiger charge is -2.20. The first-order chi connectivity index (χ1) is 9.95. The molecule has 21 heavy (non-hydrogen) atoms. The van der Waals surface area contributed by atoms with Crippen LogP contribution in [-0.2, 0) is 0 Å². The second-order valence-corrected chi connectivity index (χ2v) is 5.19. The highest BCUT2D eigenvalue weighted by Crippen LogP contribution is 2.24. The van der Waals surface area contributed by atoms with Crippen LogP contribution in [0.4, 0.5) is 11.5 Å². The zero-order valence-corrected chi connectivity index (χ0v) is 13.1. The fourth-order valence-electron chi connectivity index (χ4n) is 1.78. The number of hydrogen-bond donors (Lipinski definition) is 1. The first-order valence-corrected chi connectivity index (χ1v) is 7.09. The van der Waals surface area contributed by atoms with E-state index >= 15 is 0 Å². The van der Waals surface area contributed by atoms with Gasteiger partial charge >= 0.3 is 5.69 Å². The molecule has 0 unspecified atom stereocenters. The Morgan fingerprint density at radius 3 is 2.71 bits per heavy atom. The molecule has 0 aliphatic rings. The van der Waals surface area contributed by atoms with E-state index in [0.29, 0.717) is 18.5 Å². The van der Waals surface area contributed by atoms with E-state index in [-0.39, 0.29) is 11.5 Å². The van der Waals surface area contributed by atoms with Crippen molar-refractivity contribution in [1.29, 1.82) is 0 Å². The lowest BCUT2D eigenvalue weighted by atomic mass is 10.2. The van der Waals surface area contributed by atoms with Crippen molar-refractivity contribution < 1.29 is 9.66 Å². The lowest BCUT2D eigenvalue weighted by molar-refractivity contribution is -0.384. The summed E-state index contributed by atoms with van der Waals surface area (Å²) >= 11 is 0. The first-order valence-electron chi connectivity index (χ1n) is 7.09. The van der Waals surface area contributed by atoms with Crippen molar-refractivity contribution in [2.45, 2.75) is 32.7 Å². The molecule has 7 nitrogen and oxygen atoms in total. The zero-order chi connectivity index (χ0) is 15.8. The molecule has 0 saturated heterocycles. The number of pyridine rings is 1. The Morgan fingerprint density at radius 2 is 2.14 bits per heavy atom. The van der Waals surface area contributed by atoms with Gasteiger partial charge in [-0.15, -0.1) is 0 Å². The van der Waals surface area contributed by atoms with Gasteiger partial charge in [-0.2, -0.15) is 4.98 Å². The summed E-state index contributed by atoms with van der Waals surface area (Å²) in [7, 11) is 3.58. The normalized spacial score (nSPS) is 11.0. The van der Waals surface area contributed by atoms with Crippen molar-refractivity contribution in [3.63, 3.8) is 0 Å². The Morgan fingerprint density at radius 1 is 1.43 bits per heavy atom. The summed E-state index contributed by atoms with van der Waals surface area (Å²) in [5, 5.41) is 14.0. The van der Waals surface area contributed by atoms with Gasteiger partial charge in [0, 0.05) is 24.7 Å². The van der Waals surface area contributed by atoms with Crippen LogP contribution < -0.4 is 10.1 Å². The van der Waals surface area contributed by atoms with Crippen molar-refractivity contribution in [3.05, 3.63) is 22.2 Å². The second-order valence-electron chi connectivity index (χ2n) is 5.19. The van der Waals surface area contributed by atoms with E-state index < -0.39 is 4.92 Å². The molecule has 1 rings (SSSR count). The van der Waals surface area contributed by atoms with Crippen molar-refractivity contribution in [2.24, 2.45) is 0 Å². The number of hydrogen-bond acceptors (Lipinski definition) is 6. The van der Waals surface area contributed by atoms with Gasteiger partial charge in [0.05, 0.1) is 12.0 Å². The third-order valence-corrected chi connectivity index (χ3v) is 3.37. The van der Waals surface area contributed by atoms with Crippen LogP contribution in [0.1, 0.15) is 26.7 Å². The molecule has 0 radical (unpaired) electrons. The van der Waals surface area contributed by atoms with Crippen LogP contribution in [0, 0.1) is 10.1 Å². The largest absolute Gasteiger partial charge is 0.481 e. The van der Waals surface area contributed by atoms with E-state index in [1.165, 1.54) is 19.2 Å². The molecule has 0 aromatic carbocycles. The molecule has 0 bridgehead atoms. The van der Waals surface area contributed by atoms with E-state index in [9.17, 15) is 10.1 Å². The molecule has 0 fully saturated rings. The van der Waals surface area contributed by atoms with Crippen LogP contribution in [0.3, 0.4) is 0 Å². The van der Waals surface area contributed by atoms with Gasteiger partial charge in [-0.05, 0) is 40.3 Å². The smallest absolute Gasteiger partial charge is 0.311 e. The van der Waals surface area contributed by atoms with Crippen LogP contribution in [-0.4, -0.2) is 48.1 Å². The molecule has 7 heteroatoms. The van der Waals surface area contributed by atoms with Crippen LogP contribution in [0.15, 0.2) is 12.1 Å². The van der Waals surface area contributed by atoms with Gasteiger partial charge in [0.1, 0.15) is 0 Å². The van der Waals surface area contributed by atoms with E-state index in [4.69, 9.17) is 4.74 Å². The molecule has 1 heterocycles. The first kappa shape index (κ1) is 17.2. The van der Waals surface area contributed by atoms with Gasteiger partial charge in [0.15, 0.2) is 0 Å². The highest BCUT2D eigenvalue weighted by Gasteiger charge is 2.15. The third-order valence-electron chi connectivity index (χ3n) is 3.37. The van der Waals surface area contributed by atoms with Gasteiger partial charge < -0.3 is 15.0 Å². The van der Waals surface area contributed by atoms with Gasteiger partial charge in [-0.3, -0.25) is 10.1 Å². The van der Waals surface area contributed by atoms with Gasteiger partial charge in [-0.25, -0.2) is 0 Å². The molecule has 0 spiro atoms. The summed E-state index contributed by atoms with van der Waals surface area (Å²) in [6, 6.07) is 3.42. The summed E-state index contributed by atoms with van der Waals surface area (Å²) in [5.41, 5.74) is -0.0323. The topological polar surface area (TPSA) is 80.5 Å². The molecule has 0 saturated carbocycles. The summed E-state index contributed by atoms with van der Waals surface area (Å²) in [5.74, 6) is 0.624. The summed E-state index contributed by atoms with van der Waals surface area (Å²) in [6.45, 7) is 5.96. The number of rotatable bonds is 9. The maximum absolute atomic E-state index is 11.0. The highest BCUT2D eigenvalue weighted by molar-refractivity contribution is 5.56. The summed E-state index contributed by atoms with van der Waals surface area (Å²) < 4.78 is 4.99. The molecule has 0 atom stereocenters. The number of anilines is 1. The van der Waals surface area contributed by atoms with Crippen molar-refractivity contribution in [3.8, 4) is 5.88 Å². The minimum Gasteiger partial charge on any atom is -0.481 e. The SMILES string of the molecule is COc1ccc([N+](=O)[O-])c(NCCCCN(C)C(C)C)n1. The number of unbranched alkanes of at least 4 members (excludes halogenated alkanes) is 1. The Bertz CT molecular complexity index is 466. The molecule has 118 valence electrons. The van der Waals surface area contributed by atoms with Crippen LogP contribution in [0.5, 0.6) is 5.88 Å². The van der Waals surface area contributed by atoms with Crippen LogP contribution in [0.25, 0.3) is 0 Å². The second kappa shape index (κ2) is 8.41. The number of nitro groups is 1. The number of nitrogens with zero attached hydrogens (tertiary/aromatic N) is 3. The maximum Gasteiger partial charge on any atom is 0.311 e. The Labute approximate surface area is 125 Å². The molecule has 1 aromatic heterocycles. The van der Waals surface area contributed by atoms with Crippen molar-refractivity contribution in [2.75, 3.05) is 32.6 Å². The average Bonchev–Trinajstić information content (AvgIpc) is 2.45. The van der Waals surface area contributed by atoms with Gasteiger partial charge in [0.25, 0.3) is 0 Å². The summed E-state index contributed by atoms with van der Waals surface area (Å²) in [4.78, 5) is 16.9. The number of aromatic nitrogens is 1. The van der Waals surface area contributed by atoms with Crippen molar-refractivity contribution >= 4 is 11.5 Å². The van der Waals surface area contributed by atoms with E-state index in [0.717, 1.165) is 19.4 Å². The Kier molecular flexibility index (Phi) is 6.87. The molecule has 0 aliphatic heterocycles. The quantitative estimate of drug-likeness (QED) is 0.428. The monoisotopic (exact) mass is 296 g/mol. The molecule has 0 amide bonds. The molecule has 0 aliphatic carbocycles. The molecule has 1 aromatic rings. The van der Waals surface area contributed by atoms with Gasteiger partial charge in [-0.1, -0.05) is 0 Å². The predicted molar refractivity (Wildman–Crippen MR) is 82.9 cm³/mol.